The molecule has 15 heavy (non-hydrogen) atoms. The quantitative estimate of drug-likeness (QED) is 0.609. The minimum absolute atomic E-state index is 1.15. The topological polar surface area (TPSA) is 0 Å². The number of fused-ring (bicyclic) bond motifs is 4. The van der Waals surface area contributed by atoms with Crippen molar-refractivity contribution in [3.8, 4) is 0 Å². The fourth-order valence-electron chi connectivity index (χ4n) is 5.03. The lowest BCUT2D eigenvalue weighted by Crippen LogP contribution is -2.19. The van der Waals surface area contributed by atoms with Gasteiger partial charge in [0, 0.05) is 0 Å². The van der Waals surface area contributed by atoms with Gasteiger partial charge in [-0.25, -0.2) is 0 Å². The third-order valence-electron chi connectivity index (χ3n) is 5.78. The van der Waals surface area contributed by atoms with E-state index in [0.29, 0.717) is 0 Å². The molecule has 0 radical (unpaired) electrons. The lowest BCUT2D eigenvalue weighted by atomic mass is 10.00. The Hall–Kier alpha value is 0.430. The molecular formula is C14H22P-. The Morgan fingerprint density at radius 2 is 1.13 bits per heavy atom. The molecule has 4 rings (SSSR count). The molecule has 0 spiro atoms. The van der Waals surface area contributed by atoms with Crippen molar-refractivity contribution in [2.45, 2.75) is 62.7 Å². The Morgan fingerprint density at radius 3 is 1.47 bits per heavy atom. The van der Waals surface area contributed by atoms with Crippen LogP contribution in [0.4, 0.5) is 0 Å². The summed E-state index contributed by atoms with van der Waals surface area (Å²) in [6.07, 6.45) is 12.8. The van der Waals surface area contributed by atoms with Crippen LogP contribution in [0.3, 0.4) is 0 Å². The van der Waals surface area contributed by atoms with Gasteiger partial charge in [-0.2, -0.15) is 11.3 Å². The first-order chi connectivity index (χ1) is 7.38. The van der Waals surface area contributed by atoms with E-state index in [1.807, 2.05) is 8.58 Å². The molecule has 0 heterocycles. The summed E-state index contributed by atoms with van der Waals surface area (Å²) in [5.74, 6) is 4.64. The van der Waals surface area contributed by atoms with E-state index in [4.69, 9.17) is 0 Å². The van der Waals surface area contributed by atoms with Crippen molar-refractivity contribution in [2.24, 2.45) is 23.7 Å². The first kappa shape index (κ1) is 9.46. The van der Waals surface area contributed by atoms with Crippen molar-refractivity contribution in [1.82, 2.24) is 0 Å². The molecule has 0 amide bonds. The van der Waals surface area contributed by atoms with Gasteiger partial charge in [0.1, 0.15) is 0 Å². The molecular weight excluding hydrogens is 199 g/mol. The Morgan fingerprint density at radius 1 is 0.600 bits per heavy atom. The summed E-state index contributed by atoms with van der Waals surface area (Å²) >= 11 is 0. The molecule has 0 aliphatic heterocycles. The maximum absolute atomic E-state index is 1.91. The summed E-state index contributed by atoms with van der Waals surface area (Å²) in [5.41, 5.74) is 2.29. The molecule has 6 atom stereocenters. The summed E-state index contributed by atoms with van der Waals surface area (Å²) < 4.78 is 0. The van der Waals surface area contributed by atoms with E-state index in [9.17, 15) is 0 Å². The fraction of sp³-hybridized carbons (Fsp3) is 1.00. The largest absolute Gasteiger partial charge is 0.532 e. The zero-order chi connectivity index (χ0) is 9.83. The van der Waals surface area contributed by atoms with Crippen LogP contribution >= 0.6 is 8.58 Å². The Bertz CT molecular complexity index is 236. The van der Waals surface area contributed by atoms with Gasteiger partial charge in [-0.1, -0.05) is 50.4 Å². The lowest BCUT2D eigenvalue weighted by Gasteiger charge is -2.43. The van der Waals surface area contributed by atoms with E-state index in [2.05, 4.69) is 0 Å². The highest BCUT2D eigenvalue weighted by Crippen LogP contribution is 2.58. The Balaban J connectivity index is 1.40. The van der Waals surface area contributed by atoms with Gasteiger partial charge in [0.2, 0.25) is 0 Å². The molecule has 0 aromatic rings. The molecule has 4 fully saturated rings. The molecule has 4 bridgehead atoms. The minimum Gasteiger partial charge on any atom is -0.532 e. The van der Waals surface area contributed by atoms with Crippen molar-refractivity contribution in [1.29, 1.82) is 0 Å². The highest BCUT2D eigenvalue weighted by molar-refractivity contribution is 7.39. The maximum atomic E-state index is 1.91. The van der Waals surface area contributed by atoms with Crippen LogP contribution in [0.2, 0.25) is 0 Å². The monoisotopic (exact) mass is 221 g/mol. The van der Waals surface area contributed by atoms with E-state index in [1.165, 1.54) is 0 Å². The first-order valence-electron chi connectivity index (χ1n) is 7.08. The van der Waals surface area contributed by atoms with Gasteiger partial charge in [-0.05, 0) is 24.7 Å². The zero-order valence-corrected chi connectivity index (χ0v) is 10.5. The Kier molecular flexibility index (Phi) is 2.18. The molecule has 2 unspecified atom stereocenters. The summed E-state index contributed by atoms with van der Waals surface area (Å²) in [6, 6.07) is 0. The third kappa shape index (κ3) is 1.51. The SMILES string of the molecule is C1CC2CC1C[C@H]2[P-][C@@H]1C[C@@H]2CC[C@H]1C2. The lowest BCUT2D eigenvalue weighted by molar-refractivity contribution is 0.466. The maximum Gasteiger partial charge on any atom is -0.0432 e. The molecule has 4 saturated carbocycles. The fourth-order valence-corrected chi connectivity index (χ4v) is 7.39. The molecule has 0 aromatic heterocycles. The number of rotatable bonds is 2. The van der Waals surface area contributed by atoms with E-state index in [1.54, 1.807) is 51.4 Å². The second kappa shape index (κ2) is 3.46. The smallest absolute Gasteiger partial charge is 0.0432 e. The van der Waals surface area contributed by atoms with Gasteiger partial charge in [-0.3, -0.25) is 0 Å². The van der Waals surface area contributed by atoms with Gasteiger partial charge in [0.15, 0.2) is 0 Å². The minimum atomic E-state index is 1.15. The van der Waals surface area contributed by atoms with Crippen LogP contribution < -0.4 is 0 Å². The van der Waals surface area contributed by atoms with Crippen molar-refractivity contribution in [2.75, 3.05) is 0 Å². The van der Waals surface area contributed by atoms with Crippen molar-refractivity contribution in [3.05, 3.63) is 0 Å². The van der Waals surface area contributed by atoms with Gasteiger partial charge in [0.05, 0.1) is 0 Å². The van der Waals surface area contributed by atoms with Crippen LogP contribution in [0.15, 0.2) is 0 Å². The van der Waals surface area contributed by atoms with Crippen molar-refractivity contribution in [3.63, 3.8) is 0 Å². The zero-order valence-electron chi connectivity index (χ0n) is 9.57. The second-order valence-electron chi connectivity index (χ2n) is 6.63. The average molecular weight is 221 g/mol. The predicted molar refractivity (Wildman–Crippen MR) is 65.4 cm³/mol. The van der Waals surface area contributed by atoms with Crippen LogP contribution in [0, 0.1) is 23.7 Å². The summed E-state index contributed by atoms with van der Waals surface area (Å²) in [7, 11) is 1.91. The van der Waals surface area contributed by atoms with E-state index in [-0.39, 0.29) is 0 Å². The first-order valence-corrected chi connectivity index (χ1v) is 8.11. The van der Waals surface area contributed by atoms with Gasteiger partial charge >= 0.3 is 0 Å². The third-order valence-corrected chi connectivity index (χ3v) is 7.82. The van der Waals surface area contributed by atoms with Gasteiger partial charge in [-0.15, -0.1) is 0 Å². The highest BCUT2D eigenvalue weighted by atomic mass is 31.1. The van der Waals surface area contributed by atoms with Crippen molar-refractivity contribution >= 4 is 8.58 Å². The molecule has 4 aliphatic carbocycles. The molecule has 84 valence electrons. The molecule has 0 aromatic carbocycles. The van der Waals surface area contributed by atoms with Crippen LogP contribution in [0.1, 0.15) is 51.4 Å². The van der Waals surface area contributed by atoms with E-state index < -0.39 is 0 Å². The standard InChI is InChI=1S/C14H22P/c1-3-11-5-9(1)7-13(11)15-14-8-10-2-4-12(14)6-10/h9-14H,1-8H2/q-1/t9-,10?,11+,12?,13-,14-/m1/s1. The average Bonchev–Trinajstić information content (AvgIpc) is 2.96. The van der Waals surface area contributed by atoms with Crippen LogP contribution in [-0.4, -0.2) is 11.3 Å². The van der Waals surface area contributed by atoms with E-state index in [0.717, 1.165) is 35.0 Å². The normalized spacial score (nSPS) is 57.6. The molecule has 0 nitrogen and oxygen atoms in total. The Labute approximate surface area is 95.4 Å². The number of hydrogen-bond donors (Lipinski definition) is 0. The molecule has 1 heteroatoms. The summed E-state index contributed by atoms with van der Waals surface area (Å²) in [6.45, 7) is 0. The second-order valence-corrected chi connectivity index (χ2v) is 8.26. The van der Waals surface area contributed by atoms with Crippen molar-refractivity contribution < 1.29 is 0 Å². The van der Waals surface area contributed by atoms with Crippen LogP contribution in [0.25, 0.3) is 0 Å². The van der Waals surface area contributed by atoms with E-state index >= 15 is 0 Å². The number of hydrogen-bond acceptors (Lipinski definition) is 0. The van der Waals surface area contributed by atoms with Gasteiger partial charge in [0.25, 0.3) is 0 Å². The van der Waals surface area contributed by atoms with Gasteiger partial charge < -0.3 is 8.58 Å². The molecule has 0 N–H and O–H groups in total. The molecule has 0 saturated heterocycles. The summed E-state index contributed by atoms with van der Waals surface area (Å²) in [5, 5.41) is 0. The summed E-state index contributed by atoms with van der Waals surface area (Å²) in [4.78, 5) is 0. The molecule has 4 aliphatic rings. The van der Waals surface area contributed by atoms with Crippen LogP contribution in [0.5, 0.6) is 0 Å². The highest BCUT2D eigenvalue weighted by Gasteiger charge is 2.38. The predicted octanol–water partition coefficient (Wildman–Crippen LogP) is 4.31. The van der Waals surface area contributed by atoms with Crippen LogP contribution in [-0.2, 0) is 0 Å².